The molecule has 126 valence electrons. The van der Waals surface area contributed by atoms with E-state index in [1.165, 1.54) is 12.2 Å². The molecule has 0 aliphatic heterocycles. The van der Waals surface area contributed by atoms with Crippen LogP contribution in [0.25, 0.3) is 11.3 Å². The van der Waals surface area contributed by atoms with Crippen LogP contribution in [0.15, 0.2) is 41.8 Å². The second kappa shape index (κ2) is 7.73. The fraction of sp³-hybridized carbons (Fsp3) is 0.125. The summed E-state index contributed by atoms with van der Waals surface area (Å²) in [4.78, 5) is 15.5. The van der Waals surface area contributed by atoms with E-state index in [0.717, 1.165) is 12.4 Å². The summed E-state index contributed by atoms with van der Waals surface area (Å²) >= 11 is 0. The third kappa shape index (κ3) is 4.07. The van der Waals surface area contributed by atoms with E-state index >= 15 is 0 Å². The number of carbonyl (C=O) groups is 1. The third-order valence-corrected chi connectivity index (χ3v) is 3.28. The number of amides is 1. The number of hydrogen-bond donors (Lipinski definition) is 5. The van der Waals surface area contributed by atoms with Gasteiger partial charge >= 0.3 is 0 Å². The molecule has 0 unspecified atom stereocenters. The number of primary amides is 1. The van der Waals surface area contributed by atoms with E-state index < -0.39 is 5.91 Å². The predicted octanol–water partition coefficient (Wildman–Crippen LogP) is 0.676. The fourth-order valence-electron chi connectivity index (χ4n) is 1.99. The number of aromatic nitrogens is 2. The van der Waals surface area contributed by atoms with E-state index in [2.05, 4.69) is 11.6 Å². The first-order valence-corrected chi connectivity index (χ1v) is 6.90. The minimum absolute atomic E-state index is 0.0401. The number of allylic oxidation sites excluding steroid dienone is 3. The van der Waals surface area contributed by atoms with Crippen LogP contribution < -0.4 is 17.2 Å². The molecule has 0 atom stereocenters. The van der Waals surface area contributed by atoms with Gasteiger partial charge in [0, 0.05) is 48.1 Å². The minimum Gasteiger partial charge on any atom is -0.398 e. The highest BCUT2D eigenvalue weighted by Gasteiger charge is 2.14. The Balaban J connectivity index is 3.42. The van der Waals surface area contributed by atoms with Crippen molar-refractivity contribution in [1.82, 2.24) is 9.55 Å². The lowest BCUT2D eigenvalue weighted by Crippen LogP contribution is -2.14. The molecule has 1 aromatic rings. The molecule has 1 aromatic heterocycles. The highest BCUT2D eigenvalue weighted by Crippen LogP contribution is 2.21. The van der Waals surface area contributed by atoms with E-state index in [1.54, 1.807) is 24.7 Å². The van der Waals surface area contributed by atoms with Crippen molar-refractivity contribution >= 4 is 29.6 Å². The Labute approximate surface area is 140 Å². The summed E-state index contributed by atoms with van der Waals surface area (Å²) in [6, 6.07) is 0. The Bertz CT molecular complexity index is 793. The summed E-state index contributed by atoms with van der Waals surface area (Å²) in [5.41, 5.74) is 19.0. The van der Waals surface area contributed by atoms with Gasteiger partial charge in [0.2, 0.25) is 5.91 Å². The molecule has 8 heteroatoms. The van der Waals surface area contributed by atoms with E-state index in [4.69, 9.17) is 28.0 Å². The summed E-state index contributed by atoms with van der Waals surface area (Å²) in [7, 11) is 1.77. The van der Waals surface area contributed by atoms with Crippen LogP contribution >= 0.6 is 0 Å². The normalized spacial score (nSPS) is 13.2. The monoisotopic (exact) mass is 327 g/mol. The third-order valence-electron chi connectivity index (χ3n) is 3.28. The molecule has 0 aromatic carbocycles. The molecule has 0 aliphatic rings. The van der Waals surface area contributed by atoms with Crippen molar-refractivity contribution in [3.8, 4) is 0 Å². The Hall–Kier alpha value is -3.42. The molecule has 8 nitrogen and oxygen atoms in total. The van der Waals surface area contributed by atoms with Gasteiger partial charge in [-0.15, -0.1) is 0 Å². The molecular weight excluding hydrogens is 306 g/mol. The molecule has 24 heavy (non-hydrogen) atoms. The lowest BCUT2D eigenvalue weighted by Gasteiger charge is -2.09. The zero-order chi connectivity index (χ0) is 18.4. The van der Waals surface area contributed by atoms with E-state index in [-0.39, 0.29) is 11.3 Å². The van der Waals surface area contributed by atoms with Crippen LogP contribution in [0.2, 0.25) is 0 Å². The molecule has 0 saturated heterocycles. The lowest BCUT2D eigenvalue weighted by atomic mass is 10.0. The number of carbonyl (C=O) groups excluding carboxylic acids is 1. The maximum absolute atomic E-state index is 11.1. The minimum atomic E-state index is -0.691. The van der Waals surface area contributed by atoms with Gasteiger partial charge in [0.25, 0.3) is 0 Å². The molecule has 1 rings (SSSR count). The van der Waals surface area contributed by atoms with Gasteiger partial charge in [-0.3, -0.25) is 4.79 Å². The number of aryl methyl sites for hydroxylation is 1. The van der Waals surface area contributed by atoms with Gasteiger partial charge in [-0.1, -0.05) is 6.58 Å². The Kier molecular flexibility index (Phi) is 6.00. The standard InChI is InChI=1S/C16H21N7O/c1-9(15(21)24)6-13(20)11(7-18)10(2)16-22-14(8-23(16)3)12(19)4-5-17/h4-8,17-18H,1,19-20H2,2-3H3,(H2,21,24)/b11-10+,12-4-,13-6+,17-5?,18-7?. The molecule has 0 bridgehead atoms. The number of hydrogen-bond acceptors (Lipinski definition) is 6. The second-order valence-electron chi connectivity index (χ2n) is 5.02. The molecule has 0 fully saturated rings. The second-order valence-corrected chi connectivity index (χ2v) is 5.02. The Morgan fingerprint density at radius 3 is 2.46 bits per heavy atom. The highest BCUT2D eigenvalue weighted by atomic mass is 16.1. The average Bonchev–Trinajstić information content (AvgIpc) is 2.90. The summed E-state index contributed by atoms with van der Waals surface area (Å²) in [6.45, 7) is 5.26. The summed E-state index contributed by atoms with van der Waals surface area (Å²) < 4.78 is 1.73. The van der Waals surface area contributed by atoms with Crippen LogP contribution in [0.5, 0.6) is 0 Å². The topological polar surface area (TPSA) is 161 Å². The lowest BCUT2D eigenvalue weighted by molar-refractivity contribution is -0.114. The van der Waals surface area contributed by atoms with E-state index in [9.17, 15) is 4.79 Å². The van der Waals surface area contributed by atoms with Gasteiger partial charge in [0.1, 0.15) is 11.5 Å². The van der Waals surface area contributed by atoms with Crippen molar-refractivity contribution < 1.29 is 4.79 Å². The predicted molar refractivity (Wildman–Crippen MR) is 96.1 cm³/mol. The summed E-state index contributed by atoms with van der Waals surface area (Å²) in [5.74, 6) is -0.144. The average molecular weight is 327 g/mol. The first-order valence-electron chi connectivity index (χ1n) is 6.90. The molecule has 1 amide bonds. The van der Waals surface area contributed by atoms with E-state index in [1.807, 2.05) is 0 Å². The molecule has 1 heterocycles. The quantitative estimate of drug-likeness (QED) is 0.283. The maximum atomic E-state index is 11.1. The molecule has 0 saturated carbocycles. The van der Waals surface area contributed by atoms with Crippen LogP contribution in [-0.4, -0.2) is 27.9 Å². The first kappa shape index (κ1) is 18.6. The Morgan fingerprint density at radius 1 is 1.33 bits per heavy atom. The van der Waals surface area contributed by atoms with E-state index in [0.29, 0.717) is 28.4 Å². The highest BCUT2D eigenvalue weighted by molar-refractivity contribution is 5.97. The molecular formula is C16H21N7O. The SMILES string of the molecule is C=C(/C=C(N)\C(C=N)=C(/C)c1nc(/C(N)=C/C=N)cn1C)C(N)=O. The smallest absolute Gasteiger partial charge is 0.248 e. The zero-order valence-corrected chi connectivity index (χ0v) is 13.6. The van der Waals surface area contributed by atoms with Crippen LogP contribution in [0.1, 0.15) is 18.4 Å². The Morgan fingerprint density at radius 2 is 1.96 bits per heavy atom. The molecule has 0 aliphatic carbocycles. The first-order chi connectivity index (χ1) is 11.2. The molecule has 8 N–H and O–H groups in total. The van der Waals surface area contributed by atoms with Crippen LogP contribution in [-0.2, 0) is 11.8 Å². The van der Waals surface area contributed by atoms with Crippen molar-refractivity contribution in [3.05, 3.63) is 53.3 Å². The van der Waals surface area contributed by atoms with Crippen LogP contribution in [0.4, 0.5) is 0 Å². The summed E-state index contributed by atoms with van der Waals surface area (Å²) in [6.07, 6.45) is 6.59. The number of rotatable bonds is 7. The zero-order valence-electron chi connectivity index (χ0n) is 13.6. The maximum Gasteiger partial charge on any atom is 0.248 e. The van der Waals surface area contributed by atoms with Gasteiger partial charge in [0.15, 0.2) is 0 Å². The number of nitrogens with one attached hydrogen (secondary N) is 2. The number of nitrogens with two attached hydrogens (primary N) is 3. The van der Waals surface area contributed by atoms with Gasteiger partial charge < -0.3 is 32.6 Å². The van der Waals surface area contributed by atoms with Gasteiger partial charge in [0.05, 0.1) is 5.70 Å². The van der Waals surface area contributed by atoms with Crippen molar-refractivity contribution in [1.29, 1.82) is 10.8 Å². The largest absolute Gasteiger partial charge is 0.398 e. The van der Waals surface area contributed by atoms with Gasteiger partial charge in [-0.25, -0.2) is 4.98 Å². The van der Waals surface area contributed by atoms with Crippen molar-refractivity contribution in [2.75, 3.05) is 0 Å². The van der Waals surface area contributed by atoms with Gasteiger partial charge in [-0.05, 0) is 19.1 Å². The number of imidazole rings is 1. The molecule has 0 spiro atoms. The van der Waals surface area contributed by atoms with Crippen molar-refractivity contribution in [2.45, 2.75) is 6.92 Å². The van der Waals surface area contributed by atoms with Crippen molar-refractivity contribution in [3.63, 3.8) is 0 Å². The molecule has 0 radical (unpaired) electrons. The number of nitrogens with zero attached hydrogens (tertiary/aromatic N) is 2. The fourth-order valence-corrected chi connectivity index (χ4v) is 1.99. The van der Waals surface area contributed by atoms with Gasteiger partial charge in [-0.2, -0.15) is 0 Å². The van der Waals surface area contributed by atoms with Crippen LogP contribution in [0, 0.1) is 10.8 Å². The summed E-state index contributed by atoms with van der Waals surface area (Å²) in [5, 5.41) is 14.7. The van der Waals surface area contributed by atoms with Crippen molar-refractivity contribution in [2.24, 2.45) is 24.2 Å². The van der Waals surface area contributed by atoms with Crippen LogP contribution in [0.3, 0.4) is 0 Å².